The van der Waals surface area contributed by atoms with Crippen molar-refractivity contribution in [3.8, 4) is 0 Å². The summed E-state index contributed by atoms with van der Waals surface area (Å²) in [6.07, 6.45) is 0.143. The fourth-order valence-electron chi connectivity index (χ4n) is 2.53. The van der Waals surface area contributed by atoms with Crippen LogP contribution in [0.2, 0.25) is 0 Å². The SMILES string of the molecule is Cc1nn(C)c(C)c1CC(O)c1ccc(C(C)C)cc1. The van der Waals surface area contributed by atoms with Crippen molar-refractivity contribution >= 4 is 0 Å². The number of nitrogens with zero attached hydrogens (tertiary/aromatic N) is 2. The molecule has 0 aliphatic rings. The van der Waals surface area contributed by atoms with Crippen LogP contribution in [-0.2, 0) is 13.5 Å². The van der Waals surface area contributed by atoms with E-state index < -0.39 is 6.10 Å². The minimum Gasteiger partial charge on any atom is -0.388 e. The molecule has 0 aliphatic carbocycles. The molecule has 1 N–H and O–H groups in total. The number of hydrogen-bond donors (Lipinski definition) is 1. The lowest BCUT2D eigenvalue weighted by molar-refractivity contribution is 0.178. The number of benzene rings is 1. The summed E-state index contributed by atoms with van der Waals surface area (Å²) >= 11 is 0. The average molecular weight is 272 g/mol. The number of aryl methyl sites for hydroxylation is 2. The van der Waals surface area contributed by atoms with Crippen molar-refractivity contribution in [2.45, 2.75) is 46.1 Å². The predicted molar refractivity (Wildman–Crippen MR) is 81.9 cm³/mol. The first kappa shape index (κ1) is 14.8. The Hall–Kier alpha value is -1.61. The third-order valence-corrected chi connectivity index (χ3v) is 4.04. The van der Waals surface area contributed by atoms with E-state index in [2.05, 4.69) is 31.1 Å². The summed E-state index contributed by atoms with van der Waals surface area (Å²) in [5, 5.41) is 14.8. The molecule has 0 fully saturated rings. The van der Waals surface area contributed by atoms with E-state index in [0.29, 0.717) is 12.3 Å². The average Bonchev–Trinajstić information content (AvgIpc) is 2.65. The first-order chi connectivity index (χ1) is 9.40. The van der Waals surface area contributed by atoms with E-state index >= 15 is 0 Å². The Morgan fingerprint density at radius 3 is 2.10 bits per heavy atom. The molecule has 3 heteroatoms. The standard InChI is InChI=1S/C17H24N2O/c1-11(2)14-6-8-15(9-7-14)17(20)10-16-12(3)18-19(5)13(16)4/h6-9,11,17,20H,10H2,1-5H3. The zero-order chi connectivity index (χ0) is 14.9. The van der Waals surface area contributed by atoms with Crippen LogP contribution in [0, 0.1) is 13.8 Å². The summed E-state index contributed by atoms with van der Waals surface area (Å²) in [5.74, 6) is 0.518. The third-order valence-electron chi connectivity index (χ3n) is 4.04. The van der Waals surface area contributed by atoms with Gasteiger partial charge in [-0.05, 0) is 36.5 Å². The van der Waals surface area contributed by atoms with Gasteiger partial charge >= 0.3 is 0 Å². The summed E-state index contributed by atoms with van der Waals surface area (Å²) in [6, 6.07) is 8.26. The molecule has 1 atom stereocenters. The number of rotatable bonds is 4. The lowest BCUT2D eigenvalue weighted by atomic mass is 9.96. The molecule has 1 aromatic heterocycles. The van der Waals surface area contributed by atoms with Crippen LogP contribution in [0.5, 0.6) is 0 Å². The normalized spacial score (nSPS) is 12.9. The molecular formula is C17H24N2O. The number of aliphatic hydroxyl groups excluding tert-OH is 1. The van der Waals surface area contributed by atoms with E-state index in [0.717, 1.165) is 22.5 Å². The van der Waals surface area contributed by atoms with E-state index in [-0.39, 0.29) is 0 Å². The molecule has 1 unspecified atom stereocenters. The lowest BCUT2D eigenvalue weighted by Gasteiger charge is -2.13. The summed E-state index contributed by atoms with van der Waals surface area (Å²) in [5.41, 5.74) is 5.54. The molecule has 2 rings (SSSR count). The molecule has 20 heavy (non-hydrogen) atoms. The van der Waals surface area contributed by atoms with Gasteiger partial charge in [0.25, 0.3) is 0 Å². The van der Waals surface area contributed by atoms with Gasteiger partial charge in [0.2, 0.25) is 0 Å². The van der Waals surface area contributed by atoms with Crippen LogP contribution in [0.1, 0.15) is 53.9 Å². The molecule has 0 amide bonds. The van der Waals surface area contributed by atoms with Crippen molar-refractivity contribution < 1.29 is 5.11 Å². The Morgan fingerprint density at radius 2 is 1.65 bits per heavy atom. The molecule has 0 saturated heterocycles. The van der Waals surface area contributed by atoms with Crippen LogP contribution in [0.4, 0.5) is 0 Å². The van der Waals surface area contributed by atoms with Gasteiger partial charge in [-0.1, -0.05) is 38.1 Å². The molecule has 0 aliphatic heterocycles. The predicted octanol–water partition coefficient (Wildman–Crippen LogP) is 3.44. The number of aromatic nitrogens is 2. The third kappa shape index (κ3) is 2.93. The zero-order valence-electron chi connectivity index (χ0n) is 13.0. The van der Waals surface area contributed by atoms with E-state index in [1.165, 1.54) is 5.56 Å². The highest BCUT2D eigenvalue weighted by Crippen LogP contribution is 2.24. The Balaban J connectivity index is 2.17. The Morgan fingerprint density at radius 1 is 1.10 bits per heavy atom. The summed E-state index contributed by atoms with van der Waals surface area (Å²) < 4.78 is 1.87. The van der Waals surface area contributed by atoms with Gasteiger partial charge in [0.05, 0.1) is 11.8 Å². The largest absolute Gasteiger partial charge is 0.388 e. The van der Waals surface area contributed by atoms with Gasteiger partial charge in [0.1, 0.15) is 0 Å². The van der Waals surface area contributed by atoms with Gasteiger partial charge in [0.15, 0.2) is 0 Å². The van der Waals surface area contributed by atoms with E-state index in [1.54, 1.807) is 0 Å². The maximum atomic E-state index is 10.4. The fourth-order valence-corrected chi connectivity index (χ4v) is 2.53. The molecule has 1 heterocycles. The first-order valence-electron chi connectivity index (χ1n) is 7.17. The smallest absolute Gasteiger partial charge is 0.0831 e. The van der Waals surface area contributed by atoms with Gasteiger partial charge in [-0.2, -0.15) is 5.10 Å². The second-order valence-electron chi connectivity index (χ2n) is 5.81. The molecule has 0 spiro atoms. The topological polar surface area (TPSA) is 38.0 Å². The minimum absolute atomic E-state index is 0.474. The van der Waals surface area contributed by atoms with Crippen molar-refractivity contribution in [1.82, 2.24) is 9.78 Å². The summed E-state index contributed by atoms with van der Waals surface area (Å²) in [4.78, 5) is 0. The first-order valence-corrected chi connectivity index (χ1v) is 7.17. The second kappa shape index (κ2) is 5.80. The van der Waals surface area contributed by atoms with Crippen LogP contribution in [0.15, 0.2) is 24.3 Å². The molecule has 1 aromatic carbocycles. The zero-order valence-corrected chi connectivity index (χ0v) is 13.0. The maximum absolute atomic E-state index is 10.4. The highest BCUT2D eigenvalue weighted by molar-refractivity contribution is 5.30. The van der Waals surface area contributed by atoms with Crippen LogP contribution in [0.3, 0.4) is 0 Å². The van der Waals surface area contributed by atoms with Crippen LogP contribution in [0.25, 0.3) is 0 Å². The maximum Gasteiger partial charge on any atom is 0.0831 e. The van der Waals surface area contributed by atoms with Crippen molar-refractivity contribution in [2.75, 3.05) is 0 Å². The summed E-state index contributed by atoms with van der Waals surface area (Å²) in [7, 11) is 1.94. The fraction of sp³-hybridized carbons (Fsp3) is 0.471. The van der Waals surface area contributed by atoms with Gasteiger partial charge in [-0.3, -0.25) is 4.68 Å². The molecule has 108 valence electrons. The molecular weight excluding hydrogens is 248 g/mol. The number of aliphatic hydroxyl groups is 1. The van der Waals surface area contributed by atoms with E-state index in [9.17, 15) is 5.11 Å². The van der Waals surface area contributed by atoms with Gasteiger partial charge in [-0.25, -0.2) is 0 Å². The van der Waals surface area contributed by atoms with Crippen LogP contribution < -0.4 is 0 Å². The monoisotopic (exact) mass is 272 g/mol. The van der Waals surface area contributed by atoms with Gasteiger partial charge in [0, 0.05) is 19.2 Å². The summed E-state index contributed by atoms with van der Waals surface area (Å²) in [6.45, 7) is 8.39. The van der Waals surface area contributed by atoms with Crippen LogP contribution in [-0.4, -0.2) is 14.9 Å². The van der Waals surface area contributed by atoms with E-state index in [4.69, 9.17) is 0 Å². The molecule has 3 nitrogen and oxygen atoms in total. The second-order valence-corrected chi connectivity index (χ2v) is 5.81. The van der Waals surface area contributed by atoms with Gasteiger partial charge in [-0.15, -0.1) is 0 Å². The highest BCUT2D eigenvalue weighted by Gasteiger charge is 2.15. The minimum atomic E-state index is -0.474. The molecule has 0 bridgehead atoms. The Kier molecular flexibility index (Phi) is 4.29. The highest BCUT2D eigenvalue weighted by atomic mass is 16.3. The van der Waals surface area contributed by atoms with E-state index in [1.807, 2.05) is 37.7 Å². The quantitative estimate of drug-likeness (QED) is 0.926. The molecule has 2 aromatic rings. The lowest BCUT2D eigenvalue weighted by Crippen LogP contribution is -2.04. The van der Waals surface area contributed by atoms with Gasteiger partial charge < -0.3 is 5.11 Å². The van der Waals surface area contributed by atoms with Crippen molar-refractivity contribution in [2.24, 2.45) is 7.05 Å². The molecule has 0 radical (unpaired) electrons. The van der Waals surface area contributed by atoms with Crippen molar-refractivity contribution in [3.63, 3.8) is 0 Å². The van der Waals surface area contributed by atoms with Crippen LogP contribution >= 0.6 is 0 Å². The Bertz CT molecular complexity index is 582. The number of hydrogen-bond acceptors (Lipinski definition) is 2. The van der Waals surface area contributed by atoms with Crippen molar-refractivity contribution in [1.29, 1.82) is 0 Å². The molecule has 0 saturated carbocycles. The van der Waals surface area contributed by atoms with Crippen molar-refractivity contribution in [3.05, 3.63) is 52.3 Å². The Labute approximate surface area is 121 Å².